The summed E-state index contributed by atoms with van der Waals surface area (Å²) in [6.45, 7) is 4.72. The number of thiophene rings is 1. The van der Waals surface area contributed by atoms with Crippen LogP contribution in [0.15, 0.2) is 17.5 Å². The molecule has 0 aromatic carbocycles. The lowest BCUT2D eigenvalue weighted by Crippen LogP contribution is -2.46. The number of nitrogens with one attached hydrogen (secondary N) is 1. The molecule has 3 unspecified atom stereocenters. The molecule has 2 heterocycles. The summed E-state index contributed by atoms with van der Waals surface area (Å²) in [7, 11) is 0. The van der Waals surface area contributed by atoms with Crippen molar-refractivity contribution in [2.45, 2.75) is 63.6 Å². The Bertz CT molecular complexity index is 456. The molecule has 2 fully saturated rings. The second-order valence-corrected chi connectivity index (χ2v) is 8.22. The van der Waals surface area contributed by atoms with Crippen LogP contribution in [-0.4, -0.2) is 30.9 Å². The van der Waals surface area contributed by atoms with Crippen molar-refractivity contribution in [2.24, 2.45) is 11.8 Å². The Morgan fingerprint density at radius 3 is 2.87 bits per heavy atom. The van der Waals surface area contributed by atoms with Crippen molar-refractivity contribution in [3.8, 4) is 0 Å². The van der Waals surface area contributed by atoms with Crippen LogP contribution in [0.1, 0.15) is 56.7 Å². The van der Waals surface area contributed by atoms with E-state index < -0.39 is 5.60 Å². The quantitative estimate of drug-likeness (QED) is 0.792. The summed E-state index contributed by atoms with van der Waals surface area (Å²) in [4.78, 5) is 1.08. The molecule has 0 spiro atoms. The van der Waals surface area contributed by atoms with Gasteiger partial charge >= 0.3 is 0 Å². The Labute approximate surface area is 144 Å². The first kappa shape index (κ1) is 17.4. The topological polar surface area (TPSA) is 41.5 Å². The summed E-state index contributed by atoms with van der Waals surface area (Å²) in [6.07, 6.45) is 8.60. The van der Waals surface area contributed by atoms with E-state index in [0.29, 0.717) is 18.4 Å². The van der Waals surface area contributed by atoms with Crippen LogP contribution in [0, 0.1) is 11.8 Å². The third-order valence-electron chi connectivity index (χ3n) is 5.72. The number of hydrogen-bond donors (Lipinski definition) is 2. The van der Waals surface area contributed by atoms with Gasteiger partial charge in [0.2, 0.25) is 0 Å². The van der Waals surface area contributed by atoms with Gasteiger partial charge in [-0.15, -0.1) is 11.3 Å². The summed E-state index contributed by atoms with van der Waals surface area (Å²) in [5.74, 6) is 0.986. The molecule has 1 aliphatic heterocycles. The standard InChI is InChI=1S/C19H31NO2S/c1-2-6-15-10-11-20-13-17(15)22-14-19(21,16-7-3-4-8-16)18-9-5-12-23-18/h5,9,12,15-17,20-21H,2-4,6-8,10-11,13-14H2,1H3. The maximum Gasteiger partial charge on any atom is 0.125 e. The van der Waals surface area contributed by atoms with Gasteiger partial charge in [0.25, 0.3) is 0 Å². The Kier molecular flexibility index (Phi) is 6.13. The Balaban J connectivity index is 1.68. The zero-order valence-electron chi connectivity index (χ0n) is 14.3. The largest absolute Gasteiger partial charge is 0.382 e. The van der Waals surface area contributed by atoms with E-state index in [4.69, 9.17) is 4.74 Å². The average Bonchev–Trinajstić information content (AvgIpc) is 3.27. The van der Waals surface area contributed by atoms with Crippen molar-refractivity contribution in [1.29, 1.82) is 0 Å². The van der Waals surface area contributed by atoms with E-state index in [-0.39, 0.29) is 6.10 Å². The first-order valence-corrected chi connectivity index (χ1v) is 10.2. The highest BCUT2D eigenvalue weighted by Crippen LogP contribution is 2.42. The molecule has 0 amide bonds. The van der Waals surface area contributed by atoms with Crippen molar-refractivity contribution in [3.63, 3.8) is 0 Å². The molecule has 3 rings (SSSR count). The molecule has 2 N–H and O–H groups in total. The molecule has 23 heavy (non-hydrogen) atoms. The van der Waals surface area contributed by atoms with Gasteiger partial charge in [-0.3, -0.25) is 0 Å². The SMILES string of the molecule is CCCC1CCNCC1OCC(O)(c1cccs1)C1CCCC1. The Hall–Kier alpha value is -0.420. The van der Waals surface area contributed by atoms with E-state index in [2.05, 4.69) is 23.7 Å². The first-order chi connectivity index (χ1) is 11.2. The lowest BCUT2D eigenvalue weighted by Gasteiger charge is -2.38. The van der Waals surface area contributed by atoms with E-state index in [0.717, 1.165) is 30.8 Å². The fraction of sp³-hybridized carbons (Fsp3) is 0.789. The third-order valence-corrected chi connectivity index (χ3v) is 6.76. The smallest absolute Gasteiger partial charge is 0.125 e. The normalized spacial score (nSPS) is 28.8. The molecule has 4 heteroatoms. The molecule has 1 aliphatic carbocycles. The highest BCUT2D eigenvalue weighted by molar-refractivity contribution is 7.10. The number of rotatable bonds is 7. The predicted molar refractivity (Wildman–Crippen MR) is 95.8 cm³/mol. The van der Waals surface area contributed by atoms with Gasteiger partial charge in [0.05, 0.1) is 12.7 Å². The monoisotopic (exact) mass is 337 g/mol. The van der Waals surface area contributed by atoms with Gasteiger partial charge in [-0.05, 0) is 55.5 Å². The third kappa shape index (κ3) is 3.98. The number of piperidine rings is 1. The van der Waals surface area contributed by atoms with Gasteiger partial charge in [0.1, 0.15) is 5.60 Å². The Morgan fingerprint density at radius 1 is 1.35 bits per heavy atom. The van der Waals surface area contributed by atoms with Crippen molar-refractivity contribution < 1.29 is 9.84 Å². The van der Waals surface area contributed by atoms with Crippen molar-refractivity contribution in [3.05, 3.63) is 22.4 Å². The second-order valence-electron chi connectivity index (χ2n) is 7.27. The molecular weight excluding hydrogens is 306 g/mol. The summed E-state index contributed by atoms with van der Waals surface area (Å²) in [5, 5.41) is 17.0. The summed E-state index contributed by atoms with van der Waals surface area (Å²) in [6, 6.07) is 4.12. The van der Waals surface area contributed by atoms with Gasteiger partial charge in [0, 0.05) is 11.4 Å². The van der Waals surface area contributed by atoms with Crippen LogP contribution in [0.25, 0.3) is 0 Å². The number of hydrogen-bond acceptors (Lipinski definition) is 4. The fourth-order valence-corrected chi connectivity index (χ4v) is 5.22. The molecule has 3 nitrogen and oxygen atoms in total. The van der Waals surface area contributed by atoms with Crippen LogP contribution >= 0.6 is 11.3 Å². The van der Waals surface area contributed by atoms with Crippen molar-refractivity contribution in [2.75, 3.05) is 19.7 Å². The molecule has 1 saturated heterocycles. The summed E-state index contributed by atoms with van der Waals surface area (Å²) in [5.41, 5.74) is -0.793. The fourth-order valence-electron chi connectivity index (χ4n) is 4.33. The molecule has 0 radical (unpaired) electrons. The summed E-state index contributed by atoms with van der Waals surface area (Å²) >= 11 is 1.67. The minimum absolute atomic E-state index is 0.247. The maximum atomic E-state index is 11.5. The first-order valence-electron chi connectivity index (χ1n) is 9.32. The van der Waals surface area contributed by atoms with Crippen LogP contribution in [0.5, 0.6) is 0 Å². The van der Waals surface area contributed by atoms with E-state index in [9.17, 15) is 5.11 Å². The zero-order valence-corrected chi connectivity index (χ0v) is 15.1. The molecule has 1 aromatic heterocycles. The van der Waals surface area contributed by atoms with E-state index in [1.165, 1.54) is 32.1 Å². The highest BCUT2D eigenvalue weighted by atomic mass is 32.1. The van der Waals surface area contributed by atoms with Crippen LogP contribution in [0.3, 0.4) is 0 Å². The van der Waals surface area contributed by atoms with Crippen LogP contribution in [0.2, 0.25) is 0 Å². The number of aliphatic hydroxyl groups is 1. The number of ether oxygens (including phenoxy) is 1. The van der Waals surface area contributed by atoms with Gasteiger partial charge in [0.15, 0.2) is 0 Å². The lowest BCUT2D eigenvalue weighted by atomic mass is 9.84. The summed E-state index contributed by atoms with van der Waals surface area (Å²) < 4.78 is 6.34. The molecule has 3 atom stereocenters. The molecule has 1 aromatic rings. The van der Waals surface area contributed by atoms with Gasteiger partial charge in [-0.25, -0.2) is 0 Å². The van der Waals surface area contributed by atoms with Crippen LogP contribution < -0.4 is 5.32 Å². The highest BCUT2D eigenvalue weighted by Gasteiger charge is 2.42. The van der Waals surface area contributed by atoms with Gasteiger partial charge < -0.3 is 15.2 Å². The Morgan fingerprint density at radius 2 is 2.17 bits per heavy atom. The second kappa shape index (κ2) is 8.11. The minimum atomic E-state index is -0.793. The maximum absolute atomic E-state index is 11.5. The van der Waals surface area contributed by atoms with Gasteiger partial charge in [-0.2, -0.15) is 0 Å². The van der Waals surface area contributed by atoms with E-state index in [1.54, 1.807) is 11.3 Å². The predicted octanol–water partition coefficient (Wildman–Crippen LogP) is 3.92. The van der Waals surface area contributed by atoms with E-state index in [1.807, 2.05) is 6.07 Å². The molecular formula is C19H31NO2S. The van der Waals surface area contributed by atoms with E-state index >= 15 is 0 Å². The molecule has 130 valence electrons. The van der Waals surface area contributed by atoms with Crippen molar-refractivity contribution in [1.82, 2.24) is 5.32 Å². The van der Waals surface area contributed by atoms with Crippen LogP contribution in [-0.2, 0) is 10.3 Å². The average molecular weight is 338 g/mol. The molecule has 0 bridgehead atoms. The molecule has 2 aliphatic rings. The van der Waals surface area contributed by atoms with Crippen molar-refractivity contribution >= 4 is 11.3 Å². The van der Waals surface area contributed by atoms with Gasteiger partial charge in [-0.1, -0.05) is 32.3 Å². The molecule has 1 saturated carbocycles. The minimum Gasteiger partial charge on any atom is -0.382 e. The van der Waals surface area contributed by atoms with Crippen LogP contribution in [0.4, 0.5) is 0 Å². The zero-order chi connectivity index (χ0) is 16.1. The lowest BCUT2D eigenvalue weighted by molar-refractivity contribution is -0.122.